The van der Waals surface area contributed by atoms with Crippen LogP contribution in [0.25, 0.3) is 0 Å². The van der Waals surface area contributed by atoms with Crippen molar-refractivity contribution in [2.24, 2.45) is 0 Å². The number of carbonyl (C=O) groups excluding carboxylic acids is 1. The summed E-state index contributed by atoms with van der Waals surface area (Å²) in [4.78, 5) is 10.9. The minimum atomic E-state index is 0.181. The lowest BCUT2D eigenvalue weighted by Crippen LogP contribution is -1.97. The lowest BCUT2D eigenvalue weighted by molar-refractivity contribution is -0.116. The molecule has 0 heterocycles. The molecule has 0 bridgehead atoms. The third-order valence-electron chi connectivity index (χ3n) is 2.27. The molecular formula is C12H15BrO3. The van der Waals surface area contributed by atoms with Crippen molar-refractivity contribution in [1.29, 1.82) is 0 Å². The smallest absolute Gasteiger partial charge is 0.137 e. The van der Waals surface area contributed by atoms with Gasteiger partial charge in [-0.15, -0.1) is 0 Å². The molecule has 1 aromatic carbocycles. The zero-order chi connectivity index (χ0) is 12.1. The predicted octanol–water partition coefficient (Wildman–Crippen LogP) is 2.99. The van der Waals surface area contributed by atoms with Gasteiger partial charge >= 0.3 is 0 Å². The van der Waals surface area contributed by atoms with E-state index in [9.17, 15) is 4.79 Å². The van der Waals surface area contributed by atoms with Gasteiger partial charge in [-0.05, 0) is 47.0 Å². The summed E-state index contributed by atoms with van der Waals surface area (Å²) in [7, 11) is 3.21. The molecule has 0 unspecified atom stereocenters. The first-order chi connectivity index (χ1) is 7.58. The maximum atomic E-state index is 10.9. The highest BCUT2D eigenvalue weighted by Gasteiger charge is 2.10. The number of benzene rings is 1. The van der Waals surface area contributed by atoms with Gasteiger partial charge in [0.15, 0.2) is 0 Å². The second kappa shape index (κ2) is 5.89. The molecular weight excluding hydrogens is 272 g/mol. The van der Waals surface area contributed by atoms with Crippen molar-refractivity contribution < 1.29 is 14.3 Å². The van der Waals surface area contributed by atoms with E-state index in [2.05, 4.69) is 15.9 Å². The molecule has 1 aromatic rings. The van der Waals surface area contributed by atoms with E-state index in [-0.39, 0.29) is 5.78 Å². The summed E-state index contributed by atoms with van der Waals surface area (Å²) in [6, 6.07) is 3.82. The Balaban J connectivity index is 2.97. The molecule has 0 atom stereocenters. The van der Waals surface area contributed by atoms with Crippen LogP contribution in [-0.4, -0.2) is 20.0 Å². The first kappa shape index (κ1) is 13.0. The zero-order valence-corrected chi connectivity index (χ0v) is 11.3. The average molecular weight is 287 g/mol. The lowest BCUT2D eigenvalue weighted by Gasteiger charge is -2.11. The van der Waals surface area contributed by atoms with Gasteiger partial charge in [0.1, 0.15) is 21.8 Å². The summed E-state index contributed by atoms with van der Waals surface area (Å²) in [6.45, 7) is 1.59. The van der Waals surface area contributed by atoms with Gasteiger partial charge in [0.2, 0.25) is 0 Å². The van der Waals surface area contributed by atoms with Crippen LogP contribution in [0.15, 0.2) is 16.6 Å². The van der Waals surface area contributed by atoms with E-state index in [4.69, 9.17) is 9.47 Å². The molecule has 0 aliphatic carbocycles. The van der Waals surface area contributed by atoms with E-state index in [0.717, 1.165) is 21.5 Å². The lowest BCUT2D eigenvalue weighted by atomic mass is 10.1. The molecule has 0 radical (unpaired) electrons. The number of ether oxygens (including phenoxy) is 2. The molecule has 0 aliphatic rings. The molecule has 0 aromatic heterocycles. The number of Topliss-reactive ketones (excluding diaryl/α,β-unsaturated/α-hetero) is 1. The van der Waals surface area contributed by atoms with Crippen LogP contribution in [0, 0.1) is 0 Å². The number of halogens is 1. The van der Waals surface area contributed by atoms with E-state index < -0.39 is 0 Å². The van der Waals surface area contributed by atoms with Crippen LogP contribution in [0.5, 0.6) is 11.5 Å². The minimum absolute atomic E-state index is 0.181. The van der Waals surface area contributed by atoms with Crippen LogP contribution in [-0.2, 0) is 11.2 Å². The molecule has 4 heteroatoms. The van der Waals surface area contributed by atoms with Gasteiger partial charge in [0.05, 0.1) is 14.2 Å². The third-order valence-corrected chi connectivity index (χ3v) is 3.05. The van der Waals surface area contributed by atoms with Crippen molar-refractivity contribution in [3.05, 3.63) is 22.2 Å². The molecule has 16 heavy (non-hydrogen) atoms. The Morgan fingerprint density at radius 1 is 1.25 bits per heavy atom. The van der Waals surface area contributed by atoms with E-state index in [1.54, 1.807) is 21.1 Å². The van der Waals surface area contributed by atoms with Crippen LogP contribution in [0.3, 0.4) is 0 Å². The standard InChI is InChI=1S/C12H15BrO3/c1-8(14)4-5-9-6-10(15-2)12(13)11(7-9)16-3/h6-7H,4-5H2,1-3H3. The van der Waals surface area contributed by atoms with Gasteiger partial charge in [-0.3, -0.25) is 0 Å². The molecule has 1 rings (SSSR count). The monoisotopic (exact) mass is 286 g/mol. The van der Waals surface area contributed by atoms with Crippen LogP contribution in [0.1, 0.15) is 18.9 Å². The number of hydrogen-bond donors (Lipinski definition) is 0. The molecule has 0 N–H and O–H groups in total. The van der Waals surface area contributed by atoms with Crippen LogP contribution in [0.2, 0.25) is 0 Å². The number of aryl methyl sites for hydroxylation is 1. The summed E-state index contributed by atoms with van der Waals surface area (Å²) < 4.78 is 11.2. The summed E-state index contributed by atoms with van der Waals surface area (Å²) in [5, 5.41) is 0. The normalized spacial score (nSPS) is 10.0. The largest absolute Gasteiger partial charge is 0.495 e. The summed E-state index contributed by atoms with van der Waals surface area (Å²) in [6.07, 6.45) is 1.24. The fourth-order valence-corrected chi connectivity index (χ4v) is 1.94. The van der Waals surface area contributed by atoms with Crippen molar-refractivity contribution in [2.75, 3.05) is 14.2 Å². The second-order valence-electron chi connectivity index (χ2n) is 3.52. The molecule has 88 valence electrons. The van der Waals surface area contributed by atoms with Crippen LogP contribution in [0.4, 0.5) is 0 Å². The SMILES string of the molecule is COc1cc(CCC(C)=O)cc(OC)c1Br. The van der Waals surface area contributed by atoms with E-state index in [1.165, 1.54) is 0 Å². The predicted molar refractivity (Wildman–Crippen MR) is 66.2 cm³/mol. The maximum absolute atomic E-state index is 10.9. The summed E-state index contributed by atoms with van der Waals surface area (Å²) in [5.74, 6) is 1.62. The molecule has 0 aliphatic heterocycles. The fourth-order valence-electron chi connectivity index (χ4n) is 1.39. The zero-order valence-electron chi connectivity index (χ0n) is 9.67. The van der Waals surface area contributed by atoms with Crippen LogP contribution < -0.4 is 9.47 Å². The summed E-state index contributed by atoms with van der Waals surface area (Å²) in [5.41, 5.74) is 1.03. The quantitative estimate of drug-likeness (QED) is 0.835. The van der Waals surface area contributed by atoms with Crippen LogP contribution >= 0.6 is 15.9 Å². The third kappa shape index (κ3) is 3.23. The van der Waals surface area contributed by atoms with Gasteiger partial charge < -0.3 is 14.3 Å². The van der Waals surface area contributed by atoms with Gasteiger partial charge in [-0.25, -0.2) is 0 Å². The van der Waals surface area contributed by atoms with Crippen molar-refractivity contribution in [1.82, 2.24) is 0 Å². The minimum Gasteiger partial charge on any atom is -0.495 e. The number of hydrogen-bond acceptors (Lipinski definition) is 3. The van der Waals surface area contributed by atoms with Crippen molar-refractivity contribution >= 4 is 21.7 Å². The van der Waals surface area contributed by atoms with Gasteiger partial charge in [0.25, 0.3) is 0 Å². The second-order valence-corrected chi connectivity index (χ2v) is 4.31. The number of rotatable bonds is 5. The van der Waals surface area contributed by atoms with E-state index in [0.29, 0.717) is 12.8 Å². The van der Waals surface area contributed by atoms with Gasteiger partial charge in [-0.1, -0.05) is 0 Å². The number of carbonyl (C=O) groups is 1. The van der Waals surface area contributed by atoms with E-state index in [1.807, 2.05) is 12.1 Å². The van der Waals surface area contributed by atoms with Crippen molar-refractivity contribution in [3.8, 4) is 11.5 Å². The number of ketones is 1. The molecule has 0 fully saturated rings. The van der Waals surface area contributed by atoms with Gasteiger partial charge in [0, 0.05) is 6.42 Å². The average Bonchev–Trinajstić information content (AvgIpc) is 2.27. The highest BCUT2D eigenvalue weighted by Crippen LogP contribution is 2.35. The molecule has 0 amide bonds. The van der Waals surface area contributed by atoms with Crippen molar-refractivity contribution in [3.63, 3.8) is 0 Å². The van der Waals surface area contributed by atoms with Gasteiger partial charge in [-0.2, -0.15) is 0 Å². The Labute approximate surface area is 104 Å². The maximum Gasteiger partial charge on any atom is 0.137 e. The molecule has 3 nitrogen and oxygen atoms in total. The topological polar surface area (TPSA) is 35.5 Å². The fraction of sp³-hybridized carbons (Fsp3) is 0.417. The first-order valence-corrected chi connectivity index (χ1v) is 5.77. The Bertz CT molecular complexity index is 363. The van der Waals surface area contributed by atoms with E-state index >= 15 is 0 Å². The molecule has 0 saturated carbocycles. The first-order valence-electron chi connectivity index (χ1n) is 4.98. The Kier molecular flexibility index (Phi) is 4.80. The molecule has 0 saturated heterocycles. The summed E-state index contributed by atoms with van der Waals surface area (Å²) >= 11 is 3.40. The Hall–Kier alpha value is -1.03. The Morgan fingerprint density at radius 3 is 2.12 bits per heavy atom. The highest BCUT2D eigenvalue weighted by atomic mass is 79.9. The Morgan fingerprint density at radius 2 is 1.75 bits per heavy atom. The highest BCUT2D eigenvalue weighted by molar-refractivity contribution is 9.10. The molecule has 0 spiro atoms. The van der Waals surface area contributed by atoms with Crippen molar-refractivity contribution in [2.45, 2.75) is 19.8 Å². The number of methoxy groups -OCH3 is 2.